The number of alkyl halides is 4. The Labute approximate surface area is 201 Å². The number of sulfonamides is 1. The Morgan fingerprint density at radius 3 is 2.29 bits per heavy atom. The zero-order valence-corrected chi connectivity index (χ0v) is 20.2. The van der Waals surface area contributed by atoms with Crippen molar-refractivity contribution < 1.29 is 35.5 Å². The highest BCUT2D eigenvalue weighted by atomic mass is 32.2. The monoisotopic (exact) mass is 517 g/mol. The highest BCUT2D eigenvalue weighted by molar-refractivity contribution is 7.89. The predicted octanol–water partition coefficient (Wildman–Crippen LogP) is 3.11. The van der Waals surface area contributed by atoms with Crippen molar-refractivity contribution >= 4 is 21.6 Å². The summed E-state index contributed by atoms with van der Waals surface area (Å²) in [5.41, 5.74) is 1.40. The first-order valence-electron chi connectivity index (χ1n) is 10.9. The molecule has 1 amide bonds. The van der Waals surface area contributed by atoms with Gasteiger partial charge in [0.1, 0.15) is 5.75 Å². The first-order chi connectivity index (χ1) is 16.5. The number of benzene rings is 2. The minimum absolute atomic E-state index is 0.0200. The van der Waals surface area contributed by atoms with E-state index in [9.17, 15) is 30.8 Å². The van der Waals surface area contributed by atoms with Gasteiger partial charge < -0.3 is 14.5 Å². The number of methoxy groups -OCH3 is 1. The summed E-state index contributed by atoms with van der Waals surface area (Å²) in [7, 11) is -0.958. The minimum atomic E-state index is -4.75. The normalized spacial score (nSPS) is 15.1. The van der Waals surface area contributed by atoms with Crippen LogP contribution in [0.15, 0.2) is 53.4 Å². The molecule has 7 nitrogen and oxygen atoms in total. The molecule has 1 fully saturated rings. The summed E-state index contributed by atoms with van der Waals surface area (Å²) < 4.78 is 84.9. The Kier molecular flexibility index (Phi) is 8.26. The SMILES string of the molecule is COc1ccc(S(=O)(=O)N(C)CCc2ccccc2)cc1N1CCN(C(=O)C(F)(F)C(F)F)CC1. The third-order valence-electron chi connectivity index (χ3n) is 5.88. The number of halogens is 4. The zero-order valence-electron chi connectivity index (χ0n) is 19.3. The van der Waals surface area contributed by atoms with Gasteiger partial charge in [-0.3, -0.25) is 4.79 Å². The summed E-state index contributed by atoms with van der Waals surface area (Å²) in [6.45, 7) is -0.118. The van der Waals surface area contributed by atoms with Crippen LogP contribution in [0.3, 0.4) is 0 Å². The molecule has 0 bridgehead atoms. The largest absolute Gasteiger partial charge is 0.495 e. The second-order valence-corrected chi connectivity index (χ2v) is 10.1. The summed E-state index contributed by atoms with van der Waals surface area (Å²) in [4.78, 5) is 14.2. The van der Waals surface area contributed by atoms with Gasteiger partial charge in [-0.15, -0.1) is 0 Å². The molecule has 1 aliphatic rings. The molecule has 0 aliphatic carbocycles. The van der Waals surface area contributed by atoms with E-state index >= 15 is 0 Å². The standard InChI is InChI=1S/C23H27F4N3O4S/c1-28(11-10-17-6-4-3-5-7-17)35(32,33)18-8-9-20(34-2)19(16-18)29-12-14-30(15-13-29)22(31)23(26,27)21(24)25/h3-9,16,21H,10-15H2,1-2H3. The minimum Gasteiger partial charge on any atom is -0.495 e. The van der Waals surface area contributed by atoms with Crippen LogP contribution in [-0.2, 0) is 21.2 Å². The number of likely N-dealkylation sites (N-methyl/N-ethyl adjacent to an activating group) is 1. The Bertz CT molecular complexity index is 1120. The summed E-state index contributed by atoms with van der Waals surface area (Å²) in [6.07, 6.45) is -3.56. The van der Waals surface area contributed by atoms with Gasteiger partial charge >= 0.3 is 12.3 Å². The summed E-state index contributed by atoms with van der Waals surface area (Å²) in [5.74, 6) is -6.32. The van der Waals surface area contributed by atoms with Crippen LogP contribution in [0.5, 0.6) is 5.75 Å². The van der Waals surface area contributed by atoms with Crippen LogP contribution in [0.1, 0.15) is 5.56 Å². The second kappa shape index (κ2) is 10.8. The molecule has 0 atom stereocenters. The number of ether oxygens (including phenoxy) is 1. The number of rotatable bonds is 9. The Hall–Kier alpha value is -2.86. The fourth-order valence-corrected chi connectivity index (χ4v) is 4.96. The second-order valence-electron chi connectivity index (χ2n) is 8.10. The van der Waals surface area contributed by atoms with E-state index in [1.54, 1.807) is 4.90 Å². The van der Waals surface area contributed by atoms with Crippen LogP contribution in [-0.4, -0.2) is 82.8 Å². The van der Waals surface area contributed by atoms with Crippen LogP contribution in [0.2, 0.25) is 0 Å². The topological polar surface area (TPSA) is 70.2 Å². The molecule has 0 spiro atoms. The van der Waals surface area contributed by atoms with E-state index in [4.69, 9.17) is 4.74 Å². The number of carbonyl (C=O) groups is 1. The van der Waals surface area contributed by atoms with E-state index in [0.29, 0.717) is 22.8 Å². The van der Waals surface area contributed by atoms with E-state index in [0.717, 1.165) is 5.56 Å². The third-order valence-corrected chi connectivity index (χ3v) is 7.74. The molecule has 35 heavy (non-hydrogen) atoms. The molecule has 1 heterocycles. The number of piperazine rings is 1. The molecule has 3 rings (SSSR count). The van der Waals surface area contributed by atoms with E-state index in [-0.39, 0.29) is 37.6 Å². The van der Waals surface area contributed by atoms with Crippen molar-refractivity contribution in [3.05, 3.63) is 54.1 Å². The van der Waals surface area contributed by atoms with Gasteiger partial charge in [0.15, 0.2) is 0 Å². The van der Waals surface area contributed by atoms with Crippen LogP contribution in [0, 0.1) is 0 Å². The van der Waals surface area contributed by atoms with Crippen molar-refractivity contribution in [1.82, 2.24) is 9.21 Å². The van der Waals surface area contributed by atoms with Crippen LogP contribution < -0.4 is 9.64 Å². The maximum Gasteiger partial charge on any atom is 0.383 e. The molecule has 0 aromatic heterocycles. The Morgan fingerprint density at radius 1 is 1.09 bits per heavy atom. The Balaban J connectivity index is 1.75. The van der Waals surface area contributed by atoms with Gasteiger partial charge in [0.2, 0.25) is 10.0 Å². The van der Waals surface area contributed by atoms with E-state index in [2.05, 4.69) is 0 Å². The zero-order chi connectivity index (χ0) is 25.8. The average Bonchev–Trinajstić information content (AvgIpc) is 2.86. The molecule has 0 unspecified atom stereocenters. The van der Waals surface area contributed by atoms with Gasteiger partial charge in [-0.2, -0.15) is 8.78 Å². The quantitative estimate of drug-likeness (QED) is 0.478. The van der Waals surface area contributed by atoms with Gasteiger partial charge in [-0.05, 0) is 30.2 Å². The fraction of sp³-hybridized carbons (Fsp3) is 0.435. The van der Waals surface area contributed by atoms with Crippen LogP contribution in [0.4, 0.5) is 23.2 Å². The molecular formula is C23H27F4N3O4S. The number of amides is 1. The van der Waals surface area contributed by atoms with Crippen LogP contribution in [0.25, 0.3) is 0 Å². The molecule has 1 saturated heterocycles. The van der Waals surface area contributed by atoms with Gasteiger partial charge in [0, 0.05) is 39.8 Å². The predicted molar refractivity (Wildman–Crippen MR) is 123 cm³/mol. The van der Waals surface area contributed by atoms with E-state index in [1.165, 1.54) is 36.7 Å². The smallest absolute Gasteiger partial charge is 0.383 e. The highest BCUT2D eigenvalue weighted by Crippen LogP contribution is 2.33. The van der Waals surface area contributed by atoms with Crippen molar-refractivity contribution in [2.45, 2.75) is 23.7 Å². The maximum atomic E-state index is 13.4. The van der Waals surface area contributed by atoms with Crippen molar-refractivity contribution in [3.8, 4) is 5.75 Å². The number of hydrogen-bond donors (Lipinski definition) is 0. The molecule has 0 N–H and O–H groups in total. The molecule has 1 aliphatic heterocycles. The lowest BCUT2D eigenvalue weighted by Gasteiger charge is -2.37. The van der Waals surface area contributed by atoms with Crippen LogP contribution >= 0.6 is 0 Å². The summed E-state index contributed by atoms with van der Waals surface area (Å²) >= 11 is 0. The summed E-state index contributed by atoms with van der Waals surface area (Å²) in [6, 6.07) is 13.8. The van der Waals surface area contributed by atoms with E-state index < -0.39 is 28.3 Å². The molecule has 192 valence electrons. The van der Waals surface area contributed by atoms with Crippen molar-refractivity contribution in [2.24, 2.45) is 0 Å². The lowest BCUT2D eigenvalue weighted by Crippen LogP contribution is -2.55. The maximum absolute atomic E-state index is 13.4. The molecule has 12 heteroatoms. The van der Waals surface area contributed by atoms with Crippen molar-refractivity contribution in [3.63, 3.8) is 0 Å². The highest BCUT2D eigenvalue weighted by Gasteiger charge is 2.51. The van der Waals surface area contributed by atoms with Crippen molar-refractivity contribution in [1.29, 1.82) is 0 Å². The fourth-order valence-electron chi connectivity index (χ4n) is 3.76. The average molecular weight is 518 g/mol. The van der Waals surface area contributed by atoms with E-state index in [1.807, 2.05) is 30.3 Å². The lowest BCUT2D eigenvalue weighted by molar-refractivity contribution is -0.180. The number of anilines is 1. The third kappa shape index (κ3) is 5.87. The summed E-state index contributed by atoms with van der Waals surface area (Å²) in [5, 5.41) is 0. The Morgan fingerprint density at radius 2 is 1.71 bits per heavy atom. The first-order valence-corrected chi connectivity index (χ1v) is 12.3. The number of nitrogens with zero attached hydrogens (tertiary/aromatic N) is 3. The van der Waals surface area contributed by atoms with Gasteiger partial charge in [-0.1, -0.05) is 30.3 Å². The lowest BCUT2D eigenvalue weighted by atomic mass is 10.2. The van der Waals surface area contributed by atoms with Gasteiger partial charge in [0.05, 0.1) is 17.7 Å². The molecule has 2 aromatic carbocycles. The van der Waals surface area contributed by atoms with Gasteiger partial charge in [-0.25, -0.2) is 21.5 Å². The molecule has 0 radical (unpaired) electrons. The molecule has 0 saturated carbocycles. The number of hydrogen-bond acceptors (Lipinski definition) is 5. The van der Waals surface area contributed by atoms with Gasteiger partial charge in [0.25, 0.3) is 5.91 Å². The first kappa shape index (κ1) is 26.7. The molecule has 2 aromatic rings. The molecular weight excluding hydrogens is 490 g/mol. The van der Waals surface area contributed by atoms with Crippen molar-refractivity contribution in [2.75, 3.05) is 51.8 Å². The number of carbonyl (C=O) groups excluding carboxylic acids is 1.